The van der Waals surface area contributed by atoms with Crippen LogP contribution < -0.4 is 15.4 Å². The van der Waals surface area contributed by atoms with Gasteiger partial charge in [-0.3, -0.25) is 9.59 Å². The van der Waals surface area contributed by atoms with Gasteiger partial charge in [0.25, 0.3) is 0 Å². The second-order valence-electron chi connectivity index (χ2n) is 5.36. The minimum atomic E-state index is -4.75. The molecule has 1 rings (SSSR count). The molecule has 0 aliphatic carbocycles. The largest absolute Gasteiger partial charge is 0.461 e. The van der Waals surface area contributed by atoms with Crippen molar-refractivity contribution < 1.29 is 31.9 Å². The highest BCUT2D eigenvalue weighted by molar-refractivity contribution is 6.18. The van der Waals surface area contributed by atoms with E-state index in [-0.39, 0.29) is 41.9 Å². The molecule has 152 valence electrons. The average molecular weight is 433 g/mol. The molecule has 0 heterocycles. The number of hydrogen-bond donors (Lipinski definition) is 2. The quantitative estimate of drug-likeness (QED) is 0.388. The van der Waals surface area contributed by atoms with Crippen LogP contribution in [0.1, 0.15) is 25.7 Å². The van der Waals surface area contributed by atoms with Gasteiger partial charge in [-0.05, 0) is 31.0 Å². The molecule has 0 aliphatic rings. The number of amides is 2. The van der Waals surface area contributed by atoms with Gasteiger partial charge in [0, 0.05) is 30.3 Å². The molecule has 11 heteroatoms. The maximum Gasteiger partial charge on any atom is 0.461 e. The molecule has 0 aliphatic heterocycles. The lowest BCUT2D eigenvalue weighted by atomic mass is 10.2. The normalized spacial score (nSPS) is 11.4. The molecule has 2 N–H and O–H groups in total. The highest BCUT2D eigenvalue weighted by atomic mass is 35.5. The summed E-state index contributed by atoms with van der Waals surface area (Å²) in [7, 11) is 0. The Labute approximate surface area is 163 Å². The van der Waals surface area contributed by atoms with E-state index in [9.17, 15) is 27.2 Å². The van der Waals surface area contributed by atoms with Crippen LogP contribution in [-0.4, -0.2) is 36.1 Å². The molecule has 0 spiro atoms. The van der Waals surface area contributed by atoms with E-state index in [1.807, 2.05) is 0 Å². The van der Waals surface area contributed by atoms with Gasteiger partial charge < -0.3 is 15.4 Å². The zero-order valence-electron chi connectivity index (χ0n) is 14.0. The number of nitrogens with one attached hydrogen (secondary N) is 2. The number of halogens is 6. The first kappa shape index (κ1) is 23.3. The van der Waals surface area contributed by atoms with Crippen molar-refractivity contribution in [2.75, 3.05) is 22.4 Å². The molecule has 0 saturated heterocycles. The Balaban J connectivity index is 3.03. The molecule has 0 atom stereocenters. The topological polar surface area (TPSA) is 67.4 Å². The van der Waals surface area contributed by atoms with E-state index in [4.69, 9.17) is 23.2 Å². The summed E-state index contributed by atoms with van der Waals surface area (Å²) in [6.07, 6.45) is -7.95. The van der Waals surface area contributed by atoms with Gasteiger partial charge >= 0.3 is 12.5 Å². The zero-order valence-corrected chi connectivity index (χ0v) is 15.6. The van der Waals surface area contributed by atoms with Gasteiger partial charge in [0.15, 0.2) is 0 Å². The number of carbonyl (C=O) groups excluding carboxylic acids is 2. The minimum absolute atomic E-state index is 0.0134. The second kappa shape index (κ2) is 11.2. The maximum atomic E-state index is 13.2. The Kier molecular flexibility index (Phi) is 9.65. The van der Waals surface area contributed by atoms with E-state index in [0.29, 0.717) is 12.8 Å². The van der Waals surface area contributed by atoms with Crippen LogP contribution in [0.25, 0.3) is 0 Å². The first-order valence-corrected chi connectivity index (χ1v) is 8.97. The molecule has 0 unspecified atom stereocenters. The molecule has 0 fully saturated rings. The number of anilines is 2. The first-order valence-electron chi connectivity index (χ1n) is 7.90. The lowest BCUT2D eigenvalue weighted by Gasteiger charge is -2.20. The van der Waals surface area contributed by atoms with Crippen LogP contribution in [0.5, 0.6) is 5.75 Å². The van der Waals surface area contributed by atoms with E-state index in [1.54, 1.807) is 0 Å². The molecular weight excluding hydrogens is 415 g/mol. The number of hydrogen-bond acceptors (Lipinski definition) is 3. The Hall–Kier alpha value is -1.74. The molecule has 0 saturated carbocycles. The Morgan fingerprint density at radius 1 is 1.04 bits per heavy atom. The van der Waals surface area contributed by atoms with Crippen LogP contribution in [-0.2, 0) is 9.59 Å². The lowest BCUT2D eigenvalue weighted by molar-refractivity contribution is -0.252. The molecule has 0 aromatic heterocycles. The molecule has 0 bridgehead atoms. The fraction of sp³-hybridized carbons (Fsp3) is 0.500. The standard InChI is InChI=1S/C16H18Cl2F4N2O3/c17-7-1-3-13(25)23-10-5-6-12(27-16(21,22)15(19)20)11(9-10)24-14(26)4-2-8-18/h5-6,9,15H,1-4,7-8H2,(H,23,25)(H,24,26). The van der Waals surface area contributed by atoms with Crippen LogP contribution in [0.2, 0.25) is 0 Å². The van der Waals surface area contributed by atoms with Crippen molar-refractivity contribution >= 4 is 46.4 Å². The van der Waals surface area contributed by atoms with Gasteiger partial charge in [-0.1, -0.05) is 0 Å². The summed E-state index contributed by atoms with van der Waals surface area (Å²) in [6.45, 7) is 0. The molecule has 27 heavy (non-hydrogen) atoms. The van der Waals surface area contributed by atoms with Crippen molar-refractivity contribution in [3.63, 3.8) is 0 Å². The third-order valence-electron chi connectivity index (χ3n) is 3.11. The zero-order chi connectivity index (χ0) is 20.4. The molecule has 2 amide bonds. The van der Waals surface area contributed by atoms with Crippen LogP contribution in [0.4, 0.5) is 28.9 Å². The summed E-state index contributed by atoms with van der Waals surface area (Å²) in [5.41, 5.74) is -0.125. The molecule has 1 aromatic carbocycles. The summed E-state index contributed by atoms with van der Waals surface area (Å²) in [5, 5.41) is 4.78. The number of carbonyl (C=O) groups is 2. The predicted octanol–water partition coefficient (Wildman–Crippen LogP) is 4.84. The van der Waals surface area contributed by atoms with Gasteiger partial charge in [-0.25, -0.2) is 0 Å². The van der Waals surface area contributed by atoms with Crippen molar-refractivity contribution in [1.82, 2.24) is 0 Å². The van der Waals surface area contributed by atoms with Crippen molar-refractivity contribution in [2.45, 2.75) is 38.2 Å². The fourth-order valence-electron chi connectivity index (χ4n) is 1.88. The van der Waals surface area contributed by atoms with Crippen LogP contribution >= 0.6 is 23.2 Å². The summed E-state index contributed by atoms with van der Waals surface area (Å²) >= 11 is 11.0. The van der Waals surface area contributed by atoms with E-state index in [0.717, 1.165) is 12.1 Å². The Morgan fingerprint density at radius 3 is 2.11 bits per heavy atom. The highest BCUT2D eigenvalue weighted by Crippen LogP contribution is 2.34. The van der Waals surface area contributed by atoms with Crippen molar-refractivity contribution in [3.05, 3.63) is 18.2 Å². The number of ether oxygens (including phenoxy) is 1. The highest BCUT2D eigenvalue weighted by Gasteiger charge is 2.44. The summed E-state index contributed by atoms with van der Waals surface area (Å²) < 4.78 is 55.3. The van der Waals surface area contributed by atoms with Crippen molar-refractivity contribution in [2.24, 2.45) is 0 Å². The van der Waals surface area contributed by atoms with E-state index in [2.05, 4.69) is 15.4 Å². The third-order valence-corrected chi connectivity index (χ3v) is 3.65. The molecular formula is C16H18Cl2F4N2O3. The van der Waals surface area contributed by atoms with E-state index >= 15 is 0 Å². The monoisotopic (exact) mass is 432 g/mol. The number of benzene rings is 1. The van der Waals surface area contributed by atoms with Crippen LogP contribution in [0, 0.1) is 0 Å². The Bertz CT molecular complexity index is 648. The molecule has 0 radical (unpaired) electrons. The Morgan fingerprint density at radius 2 is 1.59 bits per heavy atom. The fourth-order valence-corrected chi connectivity index (χ4v) is 2.14. The third kappa shape index (κ3) is 8.21. The van der Waals surface area contributed by atoms with Crippen LogP contribution in [0.15, 0.2) is 18.2 Å². The molecule has 5 nitrogen and oxygen atoms in total. The summed E-state index contributed by atoms with van der Waals surface area (Å²) in [4.78, 5) is 23.6. The first-order chi connectivity index (χ1) is 12.7. The molecule has 1 aromatic rings. The number of alkyl halides is 6. The van der Waals surface area contributed by atoms with Crippen LogP contribution in [0.3, 0.4) is 0 Å². The summed E-state index contributed by atoms with van der Waals surface area (Å²) in [6, 6.07) is 3.27. The van der Waals surface area contributed by atoms with Gasteiger partial charge in [0.05, 0.1) is 5.69 Å². The lowest BCUT2D eigenvalue weighted by Crippen LogP contribution is -2.33. The van der Waals surface area contributed by atoms with Gasteiger partial charge in [0.1, 0.15) is 5.75 Å². The number of rotatable bonds is 11. The van der Waals surface area contributed by atoms with Crippen molar-refractivity contribution in [1.29, 1.82) is 0 Å². The average Bonchev–Trinajstić information content (AvgIpc) is 2.60. The van der Waals surface area contributed by atoms with E-state index < -0.39 is 24.2 Å². The van der Waals surface area contributed by atoms with Gasteiger partial charge in [-0.2, -0.15) is 17.6 Å². The van der Waals surface area contributed by atoms with Crippen molar-refractivity contribution in [3.8, 4) is 5.75 Å². The minimum Gasteiger partial charge on any atom is -0.426 e. The SMILES string of the molecule is O=C(CCCCl)Nc1ccc(OC(F)(F)C(F)F)c(NC(=O)CCCCl)c1. The second-order valence-corrected chi connectivity index (χ2v) is 6.11. The maximum absolute atomic E-state index is 13.2. The van der Waals surface area contributed by atoms with Gasteiger partial charge in [-0.15, -0.1) is 23.2 Å². The van der Waals surface area contributed by atoms with E-state index in [1.165, 1.54) is 6.07 Å². The van der Waals surface area contributed by atoms with Gasteiger partial charge in [0.2, 0.25) is 11.8 Å². The smallest absolute Gasteiger partial charge is 0.426 e. The summed E-state index contributed by atoms with van der Waals surface area (Å²) in [5.74, 6) is -1.15. The predicted molar refractivity (Wildman–Crippen MR) is 95.2 cm³/mol.